The summed E-state index contributed by atoms with van der Waals surface area (Å²) < 4.78 is 25.2. The van der Waals surface area contributed by atoms with E-state index in [0.29, 0.717) is 32.8 Å². The number of rotatable bonds is 14. The first-order valence-electron chi connectivity index (χ1n) is 8.25. The van der Waals surface area contributed by atoms with Crippen LogP contribution in [0.15, 0.2) is 0 Å². The van der Waals surface area contributed by atoms with E-state index in [1.54, 1.807) is 14.0 Å². The van der Waals surface area contributed by atoms with Crippen molar-refractivity contribution < 1.29 is 33.3 Å². The molecule has 142 valence electrons. The summed E-state index contributed by atoms with van der Waals surface area (Å²) in [6, 6.07) is -0.701. The van der Waals surface area contributed by atoms with Gasteiger partial charge in [0.1, 0.15) is 12.6 Å². The first-order valence-corrected chi connectivity index (χ1v) is 8.25. The molecule has 0 saturated heterocycles. The first kappa shape index (κ1) is 22.6. The Hall–Kier alpha value is -1.38. The molecule has 0 fully saturated rings. The standard InChI is InChI=1S/C16H31NO7/c1-5-23-15(18)14(12-13(2)3)17-16(19)24-11-10-22-9-8-21-7-6-20-4/h13-14H,5-12H2,1-4H3,(H,17,19)/t14-/m0/s1. The number of carbonyl (C=O) groups excluding carboxylic acids is 2. The monoisotopic (exact) mass is 349 g/mol. The van der Waals surface area contributed by atoms with E-state index in [1.807, 2.05) is 13.8 Å². The van der Waals surface area contributed by atoms with Crippen molar-refractivity contribution in [3.63, 3.8) is 0 Å². The van der Waals surface area contributed by atoms with Crippen molar-refractivity contribution >= 4 is 12.1 Å². The number of amides is 1. The number of carbonyl (C=O) groups is 2. The Morgan fingerprint density at radius 2 is 1.50 bits per heavy atom. The highest BCUT2D eigenvalue weighted by molar-refractivity contribution is 5.81. The van der Waals surface area contributed by atoms with Crippen LogP contribution in [-0.2, 0) is 28.5 Å². The largest absolute Gasteiger partial charge is 0.464 e. The van der Waals surface area contributed by atoms with Crippen LogP contribution in [0.25, 0.3) is 0 Å². The van der Waals surface area contributed by atoms with E-state index >= 15 is 0 Å². The Morgan fingerprint density at radius 1 is 0.917 bits per heavy atom. The average molecular weight is 349 g/mol. The van der Waals surface area contributed by atoms with Crippen molar-refractivity contribution in [2.24, 2.45) is 5.92 Å². The lowest BCUT2D eigenvalue weighted by Gasteiger charge is -2.18. The maximum Gasteiger partial charge on any atom is 0.407 e. The fourth-order valence-corrected chi connectivity index (χ4v) is 1.77. The number of ether oxygens (including phenoxy) is 5. The maximum absolute atomic E-state index is 11.8. The van der Waals surface area contributed by atoms with Crippen molar-refractivity contribution in [2.75, 3.05) is 53.4 Å². The van der Waals surface area contributed by atoms with Crippen LogP contribution in [0.5, 0.6) is 0 Å². The summed E-state index contributed by atoms with van der Waals surface area (Å²) in [6.45, 7) is 8.19. The second-order valence-electron chi connectivity index (χ2n) is 5.43. The van der Waals surface area contributed by atoms with Gasteiger partial charge in [-0.3, -0.25) is 0 Å². The van der Waals surface area contributed by atoms with Gasteiger partial charge in [-0.25, -0.2) is 9.59 Å². The lowest BCUT2D eigenvalue weighted by Crippen LogP contribution is -2.43. The summed E-state index contributed by atoms with van der Waals surface area (Å²) in [6.07, 6.45) is -0.169. The van der Waals surface area contributed by atoms with Gasteiger partial charge in [0, 0.05) is 7.11 Å². The molecule has 0 aromatic carbocycles. The third-order valence-corrected chi connectivity index (χ3v) is 2.83. The maximum atomic E-state index is 11.8. The first-order chi connectivity index (χ1) is 11.5. The average Bonchev–Trinajstić information content (AvgIpc) is 2.52. The Balaban J connectivity index is 3.82. The highest BCUT2D eigenvalue weighted by Gasteiger charge is 2.23. The van der Waals surface area contributed by atoms with Gasteiger partial charge in [0.25, 0.3) is 0 Å². The minimum atomic E-state index is -0.701. The zero-order valence-corrected chi connectivity index (χ0v) is 15.2. The quantitative estimate of drug-likeness (QED) is 0.374. The van der Waals surface area contributed by atoms with Crippen molar-refractivity contribution in [3.05, 3.63) is 0 Å². The summed E-state index contributed by atoms with van der Waals surface area (Å²) in [5.74, 6) is -0.214. The van der Waals surface area contributed by atoms with Gasteiger partial charge in [0.2, 0.25) is 0 Å². The number of nitrogens with one attached hydrogen (secondary N) is 1. The third kappa shape index (κ3) is 13.1. The zero-order valence-electron chi connectivity index (χ0n) is 15.2. The summed E-state index contributed by atoms with van der Waals surface area (Å²) >= 11 is 0. The molecule has 0 saturated carbocycles. The predicted molar refractivity (Wildman–Crippen MR) is 87.9 cm³/mol. The van der Waals surface area contributed by atoms with Crippen LogP contribution >= 0.6 is 0 Å². The molecule has 0 aliphatic carbocycles. The summed E-state index contributed by atoms with van der Waals surface area (Å²) in [7, 11) is 1.61. The lowest BCUT2D eigenvalue weighted by molar-refractivity contribution is -0.146. The van der Waals surface area contributed by atoms with E-state index in [1.165, 1.54) is 0 Å². The second-order valence-corrected chi connectivity index (χ2v) is 5.43. The van der Waals surface area contributed by atoms with Gasteiger partial charge in [0.05, 0.1) is 39.6 Å². The van der Waals surface area contributed by atoms with E-state index in [-0.39, 0.29) is 25.7 Å². The molecule has 1 N–H and O–H groups in total. The van der Waals surface area contributed by atoms with Gasteiger partial charge in [0.15, 0.2) is 0 Å². The van der Waals surface area contributed by atoms with Gasteiger partial charge in [-0.2, -0.15) is 0 Å². The van der Waals surface area contributed by atoms with Crippen LogP contribution in [0.4, 0.5) is 4.79 Å². The van der Waals surface area contributed by atoms with Gasteiger partial charge in [-0.15, -0.1) is 0 Å². The topological polar surface area (TPSA) is 92.3 Å². The molecule has 0 aliphatic heterocycles. The molecule has 0 radical (unpaired) electrons. The van der Waals surface area contributed by atoms with Crippen LogP contribution in [0.2, 0.25) is 0 Å². The molecule has 8 heteroatoms. The Kier molecular flexibility index (Phi) is 14.3. The summed E-state index contributed by atoms with van der Waals surface area (Å²) in [5, 5.41) is 2.53. The highest BCUT2D eigenvalue weighted by atomic mass is 16.6. The van der Waals surface area contributed by atoms with Crippen LogP contribution in [-0.4, -0.2) is 71.5 Å². The van der Waals surface area contributed by atoms with Crippen LogP contribution in [0.1, 0.15) is 27.2 Å². The molecular weight excluding hydrogens is 318 g/mol. The molecule has 8 nitrogen and oxygen atoms in total. The van der Waals surface area contributed by atoms with E-state index in [4.69, 9.17) is 23.7 Å². The molecule has 0 spiro atoms. The van der Waals surface area contributed by atoms with Crippen molar-refractivity contribution in [1.29, 1.82) is 0 Å². The zero-order chi connectivity index (χ0) is 18.2. The number of hydrogen-bond acceptors (Lipinski definition) is 7. The molecule has 24 heavy (non-hydrogen) atoms. The fraction of sp³-hybridized carbons (Fsp3) is 0.875. The minimum Gasteiger partial charge on any atom is -0.464 e. The number of hydrogen-bond donors (Lipinski definition) is 1. The molecule has 0 bridgehead atoms. The minimum absolute atomic E-state index is 0.0983. The van der Waals surface area contributed by atoms with Crippen molar-refractivity contribution in [2.45, 2.75) is 33.2 Å². The van der Waals surface area contributed by atoms with Gasteiger partial charge in [-0.1, -0.05) is 13.8 Å². The summed E-state index contributed by atoms with van der Waals surface area (Å²) in [4.78, 5) is 23.5. The van der Waals surface area contributed by atoms with Crippen LogP contribution < -0.4 is 5.32 Å². The van der Waals surface area contributed by atoms with E-state index < -0.39 is 18.1 Å². The fourth-order valence-electron chi connectivity index (χ4n) is 1.77. The van der Waals surface area contributed by atoms with E-state index in [9.17, 15) is 9.59 Å². The van der Waals surface area contributed by atoms with E-state index in [2.05, 4.69) is 5.32 Å². The van der Waals surface area contributed by atoms with Gasteiger partial charge in [-0.05, 0) is 19.3 Å². The lowest BCUT2D eigenvalue weighted by atomic mass is 10.0. The molecule has 0 aliphatic rings. The van der Waals surface area contributed by atoms with Crippen molar-refractivity contribution in [3.8, 4) is 0 Å². The second kappa shape index (κ2) is 15.2. The number of methoxy groups -OCH3 is 1. The molecule has 1 amide bonds. The Morgan fingerprint density at radius 3 is 2.04 bits per heavy atom. The molecule has 1 atom stereocenters. The molecule has 0 rings (SSSR count). The Labute approximate surface area is 144 Å². The number of alkyl carbamates (subject to hydrolysis) is 1. The van der Waals surface area contributed by atoms with Crippen LogP contribution in [0, 0.1) is 5.92 Å². The van der Waals surface area contributed by atoms with Gasteiger partial charge >= 0.3 is 12.1 Å². The molecule has 0 aromatic rings. The van der Waals surface area contributed by atoms with Crippen LogP contribution in [0.3, 0.4) is 0 Å². The van der Waals surface area contributed by atoms with E-state index in [0.717, 1.165) is 0 Å². The highest BCUT2D eigenvalue weighted by Crippen LogP contribution is 2.06. The van der Waals surface area contributed by atoms with Gasteiger partial charge < -0.3 is 29.0 Å². The molecule has 0 heterocycles. The molecule has 0 aromatic heterocycles. The predicted octanol–water partition coefficient (Wildman–Crippen LogP) is 1.37. The van der Waals surface area contributed by atoms with Crippen molar-refractivity contribution in [1.82, 2.24) is 5.32 Å². The smallest absolute Gasteiger partial charge is 0.407 e. The summed E-state index contributed by atoms with van der Waals surface area (Å²) in [5.41, 5.74) is 0. The SMILES string of the molecule is CCOC(=O)[C@H](CC(C)C)NC(=O)OCCOCCOCCOC. The third-order valence-electron chi connectivity index (χ3n) is 2.83. The molecule has 0 unspecified atom stereocenters. The molecular formula is C16H31NO7. The number of esters is 1. The normalized spacial score (nSPS) is 12.0. The Bertz CT molecular complexity index is 336.